The highest BCUT2D eigenvalue weighted by atomic mass is 16.3. The van der Waals surface area contributed by atoms with Crippen molar-refractivity contribution < 1.29 is 4.42 Å². The maximum Gasteiger partial charge on any atom is 0.120 e. The van der Waals surface area contributed by atoms with Gasteiger partial charge in [0.1, 0.15) is 11.5 Å². The molecule has 2 heterocycles. The van der Waals surface area contributed by atoms with Crippen LogP contribution in [0.5, 0.6) is 0 Å². The van der Waals surface area contributed by atoms with Crippen LogP contribution in [0, 0.1) is 6.92 Å². The highest BCUT2D eigenvalue weighted by Gasteiger charge is 2.34. The van der Waals surface area contributed by atoms with E-state index in [0.29, 0.717) is 12.1 Å². The van der Waals surface area contributed by atoms with Crippen LogP contribution in [0.3, 0.4) is 0 Å². The summed E-state index contributed by atoms with van der Waals surface area (Å²) < 4.78 is 5.67. The second kappa shape index (κ2) is 4.46. The predicted octanol–water partition coefficient (Wildman–Crippen LogP) is 2.48. The van der Waals surface area contributed by atoms with E-state index in [1.807, 2.05) is 13.0 Å². The minimum atomic E-state index is 0.327. The maximum absolute atomic E-state index is 5.67. The molecule has 3 heteroatoms. The van der Waals surface area contributed by atoms with Gasteiger partial charge < -0.3 is 9.73 Å². The van der Waals surface area contributed by atoms with E-state index in [9.17, 15) is 0 Å². The van der Waals surface area contributed by atoms with E-state index in [2.05, 4.69) is 23.2 Å². The number of nitrogens with one attached hydrogen (secondary N) is 1. The van der Waals surface area contributed by atoms with E-state index in [0.717, 1.165) is 17.6 Å². The molecule has 1 N–H and O–H groups in total. The van der Waals surface area contributed by atoms with Crippen LogP contribution < -0.4 is 5.32 Å². The van der Waals surface area contributed by atoms with Gasteiger partial charge in [-0.15, -0.1) is 0 Å². The molecule has 2 unspecified atom stereocenters. The largest absolute Gasteiger partial charge is 0.465 e. The number of nitrogens with zero attached hydrogens (tertiary/aromatic N) is 1. The quantitative estimate of drug-likeness (QED) is 0.867. The summed E-state index contributed by atoms with van der Waals surface area (Å²) in [4.78, 5) is 2.64. The molecule has 2 aliphatic rings. The Kier molecular flexibility index (Phi) is 2.97. The van der Waals surface area contributed by atoms with Crippen LogP contribution in [0.4, 0.5) is 0 Å². The van der Waals surface area contributed by atoms with Crippen molar-refractivity contribution in [3.8, 4) is 0 Å². The van der Waals surface area contributed by atoms with Gasteiger partial charge in [-0.1, -0.05) is 0 Å². The molecule has 1 aliphatic heterocycles. The van der Waals surface area contributed by atoms with Gasteiger partial charge in [-0.2, -0.15) is 0 Å². The Balaban J connectivity index is 1.53. The number of hydrogen-bond donors (Lipinski definition) is 1. The lowest BCUT2D eigenvalue weighted by Crippen LogP contribution is -2.34. The summed E-state index contributed by atoms with van der Waals surface area (Å²) in [5.74, 6) is 2.06. The van der Waals surface area contributed by atoms with E-state index >= 15 is 0 Å². The summed E-state index contributed by atoms with van der Waals surface area (Å²) in [6.45, 7) is 6.68. The Morgan fingerprint density at radius 2 is 2.18 bits per heavy atom. The first-order valence-corrected chi connectivity index (χ1v) is 6.79. The fourth-order valence-electron chi connectivity index (χ4n) is 2.82. The molecular weight excluding hydrogens is 212 g/mol. The summed E-state index contributed by atoms with van der Waals surface area (Å²) in [6.07, 6.45) is 4.11. The van der Waals surface area contributed by atoms with Crippen LogP contribution in [-0.2, 0) is 0 Å². The molecule has 0 bridgehead atoms. The zero-order valence-electron chi connectivity index (χ0n) is 10.8. The van der Waals surface area contributed by atoms with Crippen molar-refractivity contribution in [1.82, 2.24) is 10.2 Å². The Morgan fingerprint density at radius 1 is 1.35 bits per heavy atom. The van der Waals surface area contributed by atoms with Gasteiger partial charge in [0.15, 0.2) is 0 Å². The van der Waals surface area contributed by atoms with Gasteiger partial charge in [0, 0.05) is 25.2 Å². The van der Waals surface area contributed by atoms with Gasteiger partial charge in [-0.3, -0.25) is 4.90 Å². The zero-order chi connectivity index (χ0) is 11.8. The summed E-state index contributed by atoms with van der Waals surface area (Å²) in [5, 5.41) is 3.69. The fourth-order valence-corrected chi connectivity index (χ4v) is 2.82. The molecule has 3 nitrogen and oxygen atoms in total. The molecule has 0 aromatic carbocycles. The molecular formula is C14H22N2O. The maximum atomic E-state index is 5.67. The summed E-state index contributed by atoms with van der Waals surface area (Å²) in [7, 11) is 0. The van der Waals surface area contributed by atoms with Crippen molar-refractivity contribution in [2.45, 2.75) is 51.2 Å². The first-order chi connectivity index (χ1) is 8.22. The van der Waals surface area contributed by atoms with E-state index in [4.69, 9.17) is 4.42 Å². The van der Waals surface area contributed by atoms with Crippen molar-refractivity contribution in [2.24, 2.45) is 0 Å². The van der Waals surface area contributed by atoms with E-state index in [1.54, 1.807) is 0 Å². The van der Waals surface area contributed by atoms with Gasteiger partial charge in [-0.05, 0) is 45.2 Å². The fraction of sp³-hybridized carbons (Fsp3) is 0.714. The standard InChI is InChI=1S/C14H22N2O/c1-10-3-6-14(17-10)11(2)15-12-7-8-16(9-12)13-4-5-13/h3,6,11-13,15H,4-5,7-9H2,1-2H3. The second-order valence-electron chi connectivity index (χ2n) is 5.55. The smallest absolute Gasteiger partial charge is 0.120 e. The molecule has 1 saturated carbocycles. The molecule has 0 radical (unpaired) electrons. The van der Waals surface area contributed by atoms with Crippen LogP contribution in [0.25, 0.3) is 0 Å². The molecule has 1 aromatic rings. The zero-order valence-corrected chi connectivity index (χ0v) is 10.8. The van der Waals surface area contributed by atoms with Crippen molar-refractivity contribution in [3.63, 3.8) is 0 Å². The number of likely N-dealkylation sites (tertiary alicyclic amines) is 1. The summed E-state index contributed by atoms with van der Waals surface area (Å²) in [6, 6.07) is 5.99. The SMILES string of the molecule is Cc1ccc(C(C)NC2CCN(C3CC3)C2)o1. The third kappa shape index (κ3) is 2.55. The van der Waals surface area contributed by atoms with Gasteiger partial charge in [-0.25, -0.2) is 0 Å². The van der Waals surface area contributed by atoms with Gasteiger partial charge >= 0.3 is 0 Å². The molecule has 2 atom stereocenters. The highest BCUT2D eigenvalue weighted by molar-refractivity contribution is 5.09. The van der Waals surface area contributed by atoms with Crippen molar-refractivity contribution in [1.29, 1.82) is 0 Å². The first-order valence-electron chi connectivity index (χ1n) is 6.79. The monoisotopic (exact) mass is 234 g/mol. The lowest BCUT2D eigenvalue weighted by atomic mass is 10.2. The second-order valence-corrected chi connectivity index (χ2v) is 5.55. The van der Waals surface area contributed by atoms with E-state index in [1.165, 1.54) is 32.4 Å². The predicted molar refractivity (Wildman–Crippen MR) is 68.0 cm³/mol. The van der Waals surface area contributed by atoms with Gasteiger partial charge in [0.25, 0.3) is 0 Å². The third-order valence-electron chi connectivity index (χ3n) is 3.96. The lowest BCUT2D eigenvalue weighted by molar-refractivity contribution is 0.308. The van der Waals surface area contributed by atoms with E-state index in [-0.39, 0.29) is 0 Å². The van der Waals surface area contributed by atoms with Crippen LogP contribution in [0.2, 0.25) is 0 Å². The molecule has 0 amide bonds. The van der Waals surface area contributed by atoms with Crippen molar-refractivity contribution in [3.05, 3.63) is 23.7 Å². The van der Waals surface area contributed by atoms with Crippen LogP contribution >= 0.6 is 0 Å². The molecule has 1 aliphatic carbocycles. The molecule has 0 spiro atoms. The molecule has 2 fully saturated rings. The average molecular weight is 234 g/mol. The molecule has 3 rings (SSSR count). The Morgan fingerprint density at radius 3 is 2.82 bits per heavy atom. The van der Waals surface area contributed by atoms with Gasteiger partial charge in [0.05, 0.1) is 6.04 Å². The lowest BCUT2D eigenvalue weighted by Gasteiger charge is -2.19. The van der Waals surface area contributed by atoms with Crippen LogP contribution in [-0.4, -0.2) is 30.1 Å². The molecule has 17 heavy (non-hydrogen) atoms. The summed E-state index contributed by atoms with van der Waals surface area (Å²) >= 11 is 0. The summed E-state index contributed by atoms with van der Waals surface area (Å²) in [5.41, 5.74) is 0. The van der Waals surface area contributed by atoms with E-state index < -0.39 is 0 Å². The van der Waals surface area contributed by atoms with Crippen molar-refractivity contribution >= 4 is 0 Å². The Bertz CT molecular complexity index is 383. The molecule has 1 saturated heterocycles. The first kappa shape index (κ1) is 11.3. The van der Waals surface area contributed by atoms with Crippen LogP contribution in [0.15, 0.2) is 16.5 Å². The number of rotatable bonds is 4. The number of hydrogen-bond acceptors (Lipinski definition) is 3. The third-order valence-corrected chi connectivity index (χ3v) is 3.96. The highest BCUT2D eigenvalue weighted by Crippen LogP contribution is 2.30. The van der Waals surface area contributed by atoms with Gasteiger partial charge in [0.2, 0.25) is 0 Å². The van der Waals surface area contributed by atoms with Crippen LogP contribution in [0.1, 0.15) is 43.7 Å². The van der Waals surface area contributed by atoms with Crippen molar-refractivity contribution in [2.75, 3.05) is 13.1 Å². The minimum Gasteiger partial charge on any atom is -0.465 e. The number of aryl methyl sites for hydroxylation is 1. The minimum absolute atomic E-state index is 0.327. The average Bonchev–Trinajstić information content (AvgIpc) is 2.90. The Hall–Kier alpha value is -0.800. The topological polar surface area (TPSA) is 28.4 Å². The molecule has 94 valence electrons. The number of furan rings is 1. The normalized spacial score (nSPS) is 27.5. The Labute approximate surface area is 103 Å². The molecule has 1 aromatic heterocycles.